The average molecular weight is 390 g/mol. The summed E-state index contributed by atoms with van der Waals surface area (Å²) in [6.07, 6.45) is 4.28. The number of aromatic amines is 1. The van der Waals surface area contributed by atoms with Crippen LogP contribution in [0.5, 0.6) is 0 Å². The van der Waals surface area contributed by atoms with Crippen LogP contribution in [0.1, 0.15) is 30.0 Å². The molecule has 0 aliphatic carbocycles. The standard InChI is InChI=1S/C21H23N3.2ClH/c1-3-7-17(8-4-1)18-11-13-24(14-12-18)15-20-21(23-16-22-20)19-9-5-2-6-10-19;;/h1-10,16,18H,11-15H2,(H,22,23);2*1H. The minimum atomic E-state index is 0. The van der Waals surface area contributed by atoms with Crippen molar-refractivity contribution in [1.82, 2.24) is 14.9 Å². The highest BCUT2D eigenvalue weighted by Crippen LogP contribution is 2.29. The Morgan fingerprint density at radius 3 is 2.15 bits per heavy atom. The van der Waals surface area contributed by atoms with E-state index < -0.39 is 0 Å². The van der Waals surface area contributed by atoms with Crippen LogP contribution in [0.4, 0.5) is 0 Å². The van der Waals surface area contributed by atoms with E-state index in [1.165, 1.54) is 29.7 Å². The summed E-state index contributed by atoms with van der Waals surface area (Å²) in [5, 5.41) is 0. The summed E-state index contributed by atoms with van der Waals surface area (Å²) in [4.78, 5) is 10.4. The molecule has 1 saturated heterocycles. The molecule has 1 aliphatic rings. The first-order valence-corrected chi connectivity index (χ1v) is 8.75. The smallest absolute Gasteiger partial charge is 0.0929 e. The van der Waals surface area contributed by atoms with Crippen LogP contribution < -0.4 is 0 Å². The van der Waals surface area contributed by atoms with Crippen LogP contribution in [0.15, 0.2) is 67.0 Å². The quantitative estimate of drug-likeness (QED) is 0.656. The molecule has 0 bridgehead atoms. The van der Waals surface area contributed by atoms with Crippen LogP contribution in [-0.2, 0) is 6.54 Å². The van der Waals surface area contributed by atoms with E-state index >= 15 is 0 Å². The van der Waals surface area contributed by atoms with Crippen molar-refractivity contribution < 1.29 is 0 Å². The van der Waals surface area contributed by atoms with E-state index in [9.17, 15) is 0 Å². The second kappa shape index (κ2) is 9.77. The number of halogens is 2. The van der Waals surface area contributed by atoms with Crippen molar-refractivity contribution in [3.63, 3.8) is 0 Å². The van der Waals surface area contributed by atoms with Crippen LogP contribution in [0.2, 0.25) is 0 Å². The second-order valence-corrected chi connectivity index (χ2v) is 6.56. The zero-order valence-electron chi connectivity index (χ0n) is 14.7. The van der Waals surface area contributed by atoms with Crippen molar-refractivity contribution in [2.24, 2.45) is 0 Å². The fourth-order valence-electron chi connectivity index (χ4n) is 3.66. The predicted octanol–water partition coefficient (Wildman–Crippen LogP) is 5.30. The Balaban J connectivity index is 0.00000121. The highest BCUT2D eigenvalue weighted by molar-refractivity contribution is 5.85. The molecule has 0 amide bonds. The number of hydrogen-bond donors (Lipinski definition) is 1. The van der Waals surface area contributed by atoms with E-state index in [1.54, 1.807) is 0 Å². The van der Waals surface area contributed by atoms with E-state index in [1.807, 2.05) is 12.4 Å². The number of nitrogens with one attached hydrogen (secondary N) is 1. The Bertz CT molecular complexity index is 766. The first-order valence-electron chi connectivity index (χ1n) is 8.75. The number of H-pyrrole nitrogens is 1. The minimum absolute atomic E-state index is 0. The van der Waals surface area contributed by atoms with E-state index in [2.05, 4.69) is 69.5 Å². The lowest BCUT2D eigenvalue weighted by atomic mass is 9.89. The van der Waals surface area contributed by atoms with Crippen LogP contribution in [0.3, 0.4) is 0 Å². The Labute approximate surface area is 167 Å². The van der Waals surface area contributed by atoms with E-state index in [4.69, 9.17) is 0 Å². The lowest BCUT2D eigenvalue weighted by Crippen LogP contribution is -2.32. The molecule has 0 spiro atoms. The van der Waals surface area contributed by atoms with Gasteiger partial charge in [-0.2, -0.15) is 0 Å². The van der Waals surface area contributed by atoms with Crippen LogP contribution in [0, 0.1) is 0 Å². The third kappa shape index (κ3) is 4.67. The maximum Gasteiger partial charge on any atom is 0.0929 e. The molecule has 0 saturated carbocycles. The lowest BCUT2D eigenvalue weighted by molar-refractivity contribution is 0.203. The molecule has 2 heterocycles. The molecule has 3 nitrogen and oxygen atoms in total. The van der Waals surface area contributed by atoms with E-state index in [-0.39, 0.29) is 24.8 Å². The molecule has 1 fully saturated rings. The Morgan fingerprint density at radius 2 is 1.50 bits per heavy atom. The van der Waals surface area contributed by atoms with Crippen molar-refractivity contribution in [3.8, 4) is 11.3 Å². The molecule has 1 aliphatic heterocycles. The molecule has 0 atom stereocenters. The van der Waals surface area contributed by atoms with Gasteiger partial charge in [-0.1, -0.05) is 60.7 Å². The molecule has 0 unspecified atom stereocenters. The maximum absolute atomic E-state index is 4.53. The minimum Gasteiger partial charge on any atom is -0.347 e. The molecule has 138 valence electrons. The Morgan fingerprint density at radius 1 is 0.885 bits per heavy atom. The highest BCUT2D eigenvalue weighted by atomic mass is 35.5. The number of hydrogen-bond acceptors (Lipinski definition) is 2. The number of likely N-dealkylation sites (tertiary alicyclic amines) is 1. The van der Waals surface area contributed by atoms with Gasteiger partial charge in [0.1, 0.15) is 0 Å². The zero-order valence-corrected chi connectivity index (χ0v) is 16.3. The fourth-order valence-corrected chi connectivity index (χ4v) is 3.66. The lowest BCUT2D eigenvalue weighted by Gasteiger charge is -2.32. The molecular formula is C21H25Cl2N3. The normalized spacial score (nSPS) is 15.1. The first kappa shape index (κ1) is 20.5. The average Bonchev–Trinajstić information content (AvgIpc) is 3.12. The summed E-state index contributed by atoms with van der Waals surface area (Å²) >= 11 is 0. The number of nitrogens with zero attached hydrogens (tertiary/aromatic N) is 2. The molecule has 1 N–H and O–H groups in total. The SMILES string of the molecule is Cl.Cl.c1ccc(-c2nc[nH]c2CN2CCC(c3ccccc3)CC2)cc1. The van der Waals surface area contributed by atoms with Crippen molar-refractivity contribution in [2.75, 3.05) is 13.1 Å². The Hall–Kier alpha value is -1.81. The molecule has 0 radical (unpaired) electrons. The molecule has 3 aromatic rings. The van der Waals surface area contributed by atoms with Crippen LogP contribution >= 0.6 is 24.8 Å². The molecule has 2 aromatic carbocycles. The topological polar surface area (TPSA) is 31.9 Å². The Kier molecular flexibility index (Phi) is 7.70. The maximum atomic E-state index is 4.53. The van der Waals surface area contributed by atoms with Gasteiger partial charge in [0.25, 0.3) is 0 Å². The van der Waals surface area contributed by atoms with E-state index in [0.717, 1.165) is 25.3 Å². The molecule has 1 aromatic heterocycles. The van der Waals surface area contributed by atoms with Gasteiger partial charge in [0.2, 0.25) is 0 Å². The summed E-state index contributed by atoms with van der Waals surface area (Å²) in [5.41, 5.74) is 4.98. The van der Waals surface area contributed by atoms with Gasteiger partial charge >= 0.3 is 0 Å². The summed E-state index contributed by atoms with van der Waals surface area (Å²) < 4.78 is 0. The number of piperidine rings is 1. The fraction of sp³-hybridized carbons (Fsp3) is 0.286. The van der Waals surface area contributed by atoms with Crippen molar-refractivity contribution in [3.05, 3.63) is 78.2 Å². The first-order chi connectivity index (χ1) is 11.9. The largest absolute Gasteiger partial charge is 0.347 e. The summed E-state index contributed by atoms with van der Waals surface area (Å²) in [6.45, 7) is 3.24. The second-order valence-electron chi connectivity index (χ2n) is 6.56. The molecule has 5 heteroatoms. The van der Waals surface area contributed by atoms with Gasteiger partial charge in [0.15, 0.2) is 0 Å². The van der Waals surface area contributed by atoms with Crippen LogP contribution in [0.25, 0.3) is 11.3 Å². The van der Waals surface area contributed by atoms with Gasteiger partial charge in [-0.3, -0.25) is 4.90 Å². The number of benzene rings is 2. The van der Waals surface area contributed by atoms with Gasteiger partial charge in [-0.15, -0.1) is 24.8 Å². The highest BCUT2D eigenvalue weighted by Gasteiger charge is 2.21. The van der Waals surface area contributed by atoms with Crippen molar-refractivity contribution >= 4 is 24.8 Å². The zero-order chi connectivity index (χ0) is 16.2. The summed E-state index contributed by atoms with van der Waals surface area (Å²) in [5.74, 6) is 0.706. The monoisotopic (exact) mass is 389 g/mol. The van der Waals surface area contributed by atoms with Gasteiger partial charge in [0.05, 0.1) is 17.7 Å². The van der Waals surface area contributed by atoms with Gasteiger partial charge in [-0.25, -0.2) is 4.98 Å². The molecular weight excluding hydrogens is 365 g/mol. The molecule has 4 rings (SSSR count). The number of rotatable bonds is 4. The number of aromatic nitrogens is 2. The van der Waals surface area contributed by atoms with E-state index in [0.29, 0.717) is 5.92 Å². The summed E-state index contributed by atoms with van der Waals surface area (Å²) in [7, 11) is 0. The van der Waals surface area contributed by atoms with Gasteiger partial charge < -0.3 is 4.98 Å². The number of imidazole rings is 1. The summed E-state index contributed by atoms with van der Waals surface area (Å²) in [6, 6.07) is 21.4. The third-order valence-corrected chi connectivity index (χ3v) is 5.01. The molecule has 26 heavy (non-hydrogen) atoms. The predicted molar refractivity (Wildman–Crippen MR) is 112 cm³/mol. The van der Waals surface area contributed by atoms with Gasteiger partial charge in [0, 0.05) is 12.1 Å². The van der Waals surface area contributed by atoms with Gasteiger partial charge in [-0.05, 0) is 37.4 Å². The van der Waals surface area contributed by atoms with Crippen molar-refractivity contribution in [2.45, 2.75) is 25.3 Å². The van der Waals surface area contributed by atoms with Crippen molar-refractivity contribution in [1.29, 1.82) is 0 Å². The third-order valence-electron chi connectivity index (χ3n) is 5.01. The van der Waals surface area contributed by atoms with Crippen LogP contribution in [-0.4, -0.2) is 28.0 Å².